The molecule has 80 valence electrons. The van der Waals surface area contributed by atoms with Crippen LogP contribution >= 0.6 is 0 Å². The van der Waals surface area contributed by atoms with Gasteiger partial charge in [0.05, 0.1) is 6.04 Å². The molecule has 2 atom stereocenters. The van der Waals surface area contributed by atoms with Crippen molar-refractivity contribution in [2.24, 2.45) is 0 Å². The van der Waals surface area contributed by atoms with Gasteiger partial charge in [0.15, 0.2) is 5.82 Å². The number of hydrogen-bond acceptors (Lipinski definition) is 5. The van der Waals surface area contributed by atoms with Crippen LogP contribution in [-0.4, -0.2) is 23.8 Å². The average molecular weight is 199 g/mol. The van der Waals surface area contributed by atoms with Crippen LogP contribution in [0.15, 0.2) is 4.52 Å². The fourth-order valence-electron chi connectivity index (χ4n) is 1.04. The van der Waals surface area contributed by atoms with Gasteiger partial charge >= 0.3 is 0 Å². The number of ether oxygens (including phenoxy) is 1. The highest BCUT2D eigenvalue weighted by atomic mass is 16.5. The highest BCUT2D eigenvalue weighted by molar-refractivity contribution is 4.93. The fraction of sp³-hybridized carbons (Fsp3) is 0.778. The lowest BCUT2D eigenvalue weighted by Gasteiger charge is -2.05. The van der Waals surface area contributed by atoms with Gasteiger partial charge < -0.3 is 14.6 Å². The summed E-state index contributed by atoms with van der Waals surface area (Å²) in [6.45, 7) is 6.45. The van der Waals surface area contributed by atoms with Crippen LogP contribution in [0.25, 0.3) is 0 Å². The first kappa shape index (κ1) is 11.1. The molecular weight excluding hydrogens is 182 g/mol. The zero-order chi connectivity index (χ0) is 10.6. The lowest BCUT2D eigenvalue weighted by atomic mass is 10.3. The third-order valence-electron chi connectivity index (χ3n) is 2.04. The minimum atomic E-state index is -0.110. The molecule has 0 radical (unpaired) electrons. The third kappa shape index (κ3) is 2.52. The van der Waals surface area contributed by atoms with Crippen LogP contribution in [0.2, 0.25) is 0 Å². The standard InChI is InChI=1S/C9H17N3O2/c1-5-13-7(3)8-11-9(14-12-8)6(2)10-4/h6-7,10H,5H2,1-4H3. The van der Waals surface area contributed by atoms with Gasteiger partial charge in [0, 0.05) is 6.61 Å². The first-order chi connectivity index (χ1) is 6.69. The van der Waals surface area contributed by atoms with E-state index in [4.69, 9.17) is 9.26 Å². The zero-order valence-corrected chi connectivity index (χ0v) is 9.07. The van der Waals surface area contributed by atoms with Crippen LogP contribution in [0.1, 0.15) is 44.6 Å². The summed E-state index contributed by atoms with van der Waals surface area (Å²) < 4.78 is 10.4. The van der Waals surface area contributed by atoms with Gasteiger partial charge in [0.2, 0.25) is 5.89 Å². The molecule has 0 aliphatic rings. The van der Waals surface area contributed by atoms with Crippen molar-refractivity contribution in [1.29, 1.82) is 0 Å². The molecule has 14 heavy (non-hydrogen) atoms. The second kappa shape index (κ2) is 5.07. The van der Waals surface area contributed by atoms with Crippen LogP contribution in [0.5, 0.6) is 0 Å². The monoisotopic (exact) mass is 199 g/mol. The summed E-state index contributed by atoms with van der Waals surface area (Å²) >= 11 is 0. The Labute approximate surface area is 83.8 Å². The van der Waals surface area contributed by atoms with Crippen LogP contribution < -0.4 is 5.32 Å². The molecule has 1 aromatic heterocycles. The summed E-state index contributed by atoms with van der Waals surface area (Å²) in [5.41, 5.74) is 0. The van der Waals surface area contributed by atoms with Crippen molar-refractivity contribution in [3.05, 3.63) is 11.7 Å². The van der Waals surface area contributed by atoms with Crippen molar-refractivity contribution in [3.8, 4) is 0 Å². The van der Waals surface area contributed by atoms with E-state index in [-0.39, 0.29) is 12.1 Å². The topological polar surface area (TPSA) is 60.2 Å². The Kier molecular flexibility index (Phi) is 4.03. The Morgan fingerprint density at radius 2 is 2.21 bits per heavy atom. The molecule has 0 spiro atoms. The lowest BCUT2D eigenvalue weighted by molar-refractivity contribution is 0.0683. The molecule has 0 saturated heterocycles. The maximum absolute atomic E-state index is 5.35. The lowest BCUT2D eigenvalue weighted by Crippen LogP contribution is -2.12. The Bertz CT molecular complexity index is 275. The normalized spacial score (nSPS) is 15.4. The summed E-state index contributed by atoms with van der Waals surface area (Å²) in [4.78, 5) is 4.23. The van der Waals surface area contributed by atoms with Gasteiger partial charge in [-0.2, -0.15) is 4.98 Å². The van der Waals surface area contributed by atoms with Gasteiger partial charge in [-0.05, 0) is 27.8 Å². The molecule has 0 aliphatic heterocycles. The molecule has 5 nitrogen and oxygen atoms in total. The predicted molar refractivity (Wildman–Crippen MR) is 51.8 cm³/mol. The van der Waals surface area contributed by atoms with E-state index >= 15 is 0 Å². The third-order valence-corrected chi connectivity index (χ3v) is 2.04. The van der Waals surface area contributed by atoms with E-state index in [1.807, 2.05) is 27.8 Å². The number of nitrogens with one attached hydrogen (secondary N) is 1. The SMILES string of the molecule is CCOC(C)c1noc(C(C)NC)n1. The largest absolute Gasteiger partial charge is 0.371 e. The Hall–Kier alpha value is -0.940. The summed E-state index contributed by atoms with van der Waals surface area (Å²) in [6, 6.07) is 0.0741. The molecule has 1 aromatic rings. The van der Waals surface area contributed by atoms with Crippen LogP contribution in [-0.2, 0) is 4.74 Å². The maximum atomic E-state index is 5.35. The molecule has 0 amide bonds. The smallest absolute Gasteiger partial charge is 0.243 e. The van der Waals surface area contributed by atoms with Crippen molar-refractivity contribution in [2.45, 2.75) is 32.9 Å². The van der Waals surface area contributed by atoms with Gasteiger partial charge in [-0.1, -0.05) is 5.16 Å². The number of aromatic nitrogens is 2. The van der Waals surface area contributed by atoms with Crippen LogP contribution in [0.3, 0.4) is 0 Å². The van der Waals surface area contributed by atoms with Crippen molar-refractivity contribution < 1.29 is 9.26 Å². The molecule has 2 unspecified atom stereocenters. The van der Waals surface area contributed by atoms with Crippen molar-refractivity contribution in [1.82, 2.24) is 15.5 Å². The molecule has 0 fully saturated rings. The zero-order valence-electron chi connectivity index (χ0n) is 9.07. The molecule has 0 aliphatic carbocycles. The van der Waals surface area contributed by atoms with Crippen molar-refractivity contribution in [3.63, 3.8) is 0 Å². The highest BCUT2D eigenvalue weighted by Crippen LogP contribution is 2.15. The summed E-state index contributed by atoms with van der Waals surface area (Å²) in [6.07, 6.45) is -0.110. The van der Waals surface area contributed by atoms with Gasteiger partial charge in [0.25, 0.3) is 0 Å². The first-order valence-electron chi connectivity index (χ1n) is 4.81. The summed E-state index contributed by atoms with van der Waals surface area (Å²) in [5, 5.41) is 6.88. The number of rotatable bonds is 5. The van der Waals surface area contributed by atoms with Gasteiger partial charge in [-0.3, -0.25) is 0 Å². The number of nitrogens with zero attached hydrogens (tertiary/aromatic N) is 2. The molecule has 1 rings (SSSR count). The van der Waals surface area contributed by atoms with E-state index in [1.165, 1.54) is 0 Å². The molecule has 0 aromatic carbocycles. The molecule has 0 saturated carbocycles. The van der Waals surface area contributed by atoms with Gasteiger partial charge in [-0.25, -0.2) is 0 Å². The minimum absolute atomic E-state index is 0.0741. The Morgan fingerprint density at radius 1 is 1.50 bits per heavy atom. The van der Waals surface area contributed by atoms with Crippen molar-refractivity contribution in [2.75, 3.05) is 13.7 Å². The summed E-state index contributed by atoms with van der Waals surface area (Å²) in [7, 11) is 1.85. The Morgan fingerprint density at radius 3 is 2.79 bits per heavy atom. The van der Waals surface area contributed by atoms with Gasteiger partial charge in [-0.15, -0.1) is 0 Å². The van der Waals surface area contributed by atoms with Gasteiger partial charge in [0.1, 0.15) is 6.10 Å². The molecule has 1 heterocycles. The quantitative estimate of drug-likeness (QED) is 0.777. The molecule has 0 bridgehead atoms. The molecular formula is C9H17N3O2. The fourth-order valence-corrected chi connectivity index (χ4v) is 1.04. The molecule has 5 heteroatoms. The van der Waals surface area contributed by atoms with E-state index in [2.05, 4.69) is 15.5 Å². The highest BCUT2D eigenvalue weighted by Gasteiger charge is 2.16. The van der Waals surface area contributed by atoms with E-state index in [9.17, 15) is 0 Å². The maximum Gasteiger partial charge on any atom is 0.243 e. The van der Waals surface area contributed by atoms with E-state index in [0.717, 1.165) is 0 Å². The first-order valence-corrected chi connectivity index (χ1v) is 4.81. The van der Waals surface area contributed by atoms with E-state index in [0.29, 0.717) is 18.3 Å². The van der Waals surface area contributed by atoms with E-state index in [1.54, 1.807) is 0 Å². The number of hydrogen-bond donors (Lipinski definition) is 1. The molecule has 1 N–H and O–H groups in total. The summed E-state index contributed by atoms with van der Waals surface area (Å²) in [5.74, 6) is 1.19. The second-order valence-corrected chi connectivity index (χ2v) is 3.10. The van der Waals surface area contributed by atoms with Crippen molar-refractivity contribution >= 4 is 0 Å². The van der Waals surface area contributed by atoms with E-state index < -0.39 is 0 Å². The predicted octanol–water partition coefficient (Wildman–Crippen LogP) is 1.45. The minimum Gasteiger partial charge on any atom is -0.371 e. The second-order valence-electron chi connectivity index (χ2n) is 3.10. The average Bonchev–Trinajstić information content (AvgIpc) is 2.66. The van der Waals surface area contributed by atoms with Crippen LogP contribution in [0.4, 0.5) is 0 Å². The Balaban J connectivity index is 2.67. The van der Waals surface area contributed by atoms with Crippen LogP contribution in [0, 0.1) is 0 Å².